The summed E-state index contributed by atoms with van der Waals surface area (Å²) in [5.74, 6) is 0.773. The van der Waals surface area contributed by atoms with Gasteiger partial charge in [-0.15, -0.1) is 0 Å². The van der Waals surface area contributed by atoms with Crippen LogP contribution in [0.15, 0.2) is 73.1 Å². The van der Waals surface area contributed by atoms with E-state index < -0.39 is 0 Å². The van der Waals surface area contributed by atoms with Crippen molar-refractivity contribution < 1.29 is 9.53 Å². The van der Waals surface area contributed by atoms with Crippen molar-refractivity contribution in [2.75, 3.05) is 39.3 Å². The Labute approximate surface area is 188 Å². The summed E-state index contributed by atoms with van der Waals surface area (Å²) in [6.07, 6.45) is 4.46. The number of allylic oxidation sites excluding steroid dienone is 1. The predicted molar refractivity (Wildman–Crippen MR) is 127 cm³/mol. The van der Waals surface area contributed by atoms with Crippen LogP contribution in [0.3, 0.4) is 0 Å². The number of pyridine rings is 1. The van der Waals surface area contributed by atoms with Crippen LogP contribution in [0.4, 0.5) is 0 Å². The number of piperazine rings is 1. The van der Waals surface area contributed by atoms with Crippen molar-refractivity contribution in [1.29, 1.82) is 0 Å². The number of rotatable bonds is 7. The molecule has 3 aromatic rings. The highest BCUT2D eigenvalue weighted by atomic mass is 16.5. The molecule has 1 N–H and O–H groups in total. The fraction of sp³-hybridized carbons (Fsp3) is 0.259. The molecule has 0 amide bonds. The lowest BCUT2D eigenvalue weighted by molar-refractivity contribution is 0.105. The largest absolute Gasteiger partial charge is 0.494 e. The minimum atomic E-state index is 0.0260. The van der Waals surface area contributed by atoms with Gasteiger partial charge in [-0.2, -0.15) is 0 Å². The van der Waals surface area contributed by atoms with Crippen LogP contribution in [0.1, 0.15) is 33.5 Å². The smallest absolute Gasteiger partial charge is 0.195 e. The summed E-state index contributed by atoms with van der Waals surface area (Å²) in [5.41, 5.74) is 5.18. The first-order chi connectivity index (χ1) is 15.8. The highest BCUT2D eigenvalue weighted by Crippen LogP contribution is 2.43. The minimum Gasteiger partial charge on any atom is -0.494 e. The Morgan fingerprint density at radius 1 is 0.906 bits per heavy atom. The third kappa shape index (κ3) is 4.22. The molecule has 0 bridgehead atoms. The summed E-state index contributed by atoms with van der Waals surface area (Å²) >= 11 is 0. The first-order valence-corrected chi connectivity index (χ1v) is 11.3. The van der Waals surface area contributed by atoms with Crippen molar-refractivity contribution in [2.24, 2.45) is 0 Å². The monoisotopic (exact) mass is 425 g/mol. The molecule has 2 aromatic carbocycles. The number of ether oxygens (including phenoxy) is 1. The Morgan fingerprint density at radius 3 is 2.50 bits per heavy atom. The number of carbonyl (C=O) groups is 1. The average Bonchev–Trinajstić information content (AvgIpc) is 3.15. The molecule has 2 aliphatic rings. The van der Waals surface area contributed by atoms with Gasteiger partial charge in [0.1, 0.15) is 5.75 Å². The van der Waals surface area contributed by atoms with Crippen molar-refractivity contribution in [3.8, 4) is 5.75 Å². The molecule has 1 aromatic heterocycles. The van der Waals surface area contributed by atoms with E-state index in [4.69, 9.17) is 4.74 Å². The van der Waals surface area contributed by atoms with Gasteiger partial charge in [-0.1, -0.05) is 36.4 Å². The lowest BCUT2D eigenvalue weighted by atomic mass is 9.95. The van der Waals surface area contributed by atoms with Gasteiger partial charge in [-0.25, -0.2) is 0 Å². The van der Waals surface area contributed by atoms with Crippen LogP contribution in [-0.4, -0.2) is 55.0 Å². The van der Waals surface area contributed by atoms with Gasteiger partial charge in [0.25, 0.3) is 0 Å². The van der Waals surface area contributed by atoms with E-state index in [2.05, 4.69) is 27.3 Å². The molecule has 5 heteroatoms. The average molecular weight is 426 g/mol. The van der Waals surface area contributed by atoms with E-state index in [1.165, 1.54) is 0 Å². The van der Waals surface area contributed by atoms with Crippen LogP contribution < -0.4 is 10.1 Å². The van der Waals surface area contributed by atoms with Crippen molar-refractivity contribution in [3.05, 3.63) is 95.3 Å². The van der Waals surface area contributed by atoms with E-state index in [9.17, 15) is 4.79 Å². The van der Waals surface area contributed by atoms with Crippen molar-refractivity contribution in [1.82, 2.24) is 15.2 Å². The van der Waals surface area contributed by atoms with Crippen molar-refractivity contribution in [3.63, 3.8) is 0 Å². The van der Waals surface area contributed by atoms with E-state index in [0.29, 0.717) is 17.7 Å². The molecule has 0 spiro atoms. The number of aromatic nitrogens is 1. The first-order valence-electron chi connectivity index (χ1n) is 11.3. The van der Waals surface area contributed by atoms with Crippen molar-refractivity contribution >= 4 is 16.9 Å². The molecule has 0 unspecified atom stereocenters. The van der Waals surface area contributed by atoms with Crippen LogP contribution in [0, 0.1) is 0 Å². The Kier molecular flexibility index (Phi) is 6.10. The minimum absolute atomic E-state index is 0.0260. The van der Waals surface area contributed by atoms with Crippen LogP contribution >= 0.6 is 0 Å². The molecule has 32 heavy (non-hydrogen) atoms. The molecule has 2 heterocycles. The number of nitrogens with one attached hydrogen (secondary N) is 1. The predicted octanol–water partition coefficient (Wildman–Crippen LogP) is 3.91. The van der Waals surface area contributed by atoms with Crippen LogP contribution in [0.5, 0.6) is 5.75 Å². The van der Waals surface area contributed by atoms with E-state index in [-0.39, 0.29) is 5.78 Å². The van der Waals surface area contributed by atoms with Crippen LogP contribution in [0.2, 0.25) is 0 Å². The summed E-state index contributed by atoms with van der Waals surface area (Å²) in [6, 6.07) is 19.8. The van der Waals surface area contributed by atoms with Gasteiger partial charge in [0.15, 0.2) is 5.78 Å². The molecular formula is C27H27N3O2. The van der Waals surface area contributed by atoms with Crippen LogP contribution in [0.25, 0.3) is 11.1 Å². The normalized spacial score (nSPS) is 16.3. The number of carbonyl (C=O) groups excluding carboxylic acids is 1. The zero-order chi connectivity index (χ0) is 21.8. The molecule has 5 nitrogen and oxygen atoms in total. The van der Waals surface area contributed by atoms with Gasteiger partial charge in [0.05, 0.1) is 6.61 Å². The van der Waals surface area contributed by atoms with Gasteiger partial charge in [-0.3, -0.25) is 9.78 Å². The fourth-order valence-electron chi connectivity index (χ4n) is 4.51. The Hall–Kier alpha value is -3.28. The maximum absolute atomic E-state index is 13.5. The molecule has 0 radical (unpaired) electrons. The molecule has 1 aliphatic heterocycles. The molecule has 0 saturated carbocycles. The number of benzene rings is 2. The quantitative estimate of drug-likeness (QED) is 0.582. The maximum Gasteiger partial charge on any atom is 0.195 e. The van der Waals surface area contributed by atoms with Gasteiger partial charge in [0.2, 0.25) is 0 Å². The fourth-order valence-corrected chi connectivity index (χ4v) is 4.51. The number of ketones is 1. The highest BCUT2D eigenvalue weighted by Gasteiger charge is 2.31. The van der Waals surface area contributed by atoms with E-state index >= 15 is 0 Å². The van der Waals surface area contributed by atoms with Gasteiger partial charge < -0.3 is 15.0 Å². The lowest BCUT2D eigenvalue weighted by Crippen LogP contribution is -2.43. The number of Topliss-reactive ketones (excluding diaryl/α,β-unsaturated/α-hetero) is 1. The van der Waals surface area contributed by atoms with E-state index in [1.54, 1.807) is 12.4 Å². The third-order valence-corrected chi connectivity index (χ3v) is 6.09. The Balaban J connectivity index is 1.38. The van der Waals surface area contributed by atoms with Gasteiger partial charge in [-0.05, 0) is 41.8 Å². The molecule has 1 saturated heterocycles. The maximum atomic E-state index is 13.5. The summed E-state index contributed by atoms with van der Waals surface area (Å²) in [4.78, 5) is 20.2. The molecule has 1 fully saturated rings. The third-order valence-electron chi connectivity index (χ3n) is 6.09. The second kappa shape index (κ2) is 9.47. The molecule has 5 rings (SSSR count). The Morgan fingerprint density at radius 2 is 1.72 bits per heavy atom. The number of fused-ring (bicyclic) bond motifs is 1. The Bertz CT molecular complexity index is 1120. The molecule has 0 atom stereocenters. The summed E-state index contributed by atoms with van der Waals surface area (Å²) in [5, 5.41) is 3.38. The lowest BCUT2D eigenvalue weighted by Gasteiger charge is -2.26. The number of hydrogen-bond donors (Lipinski definition) is 1. The standard InChI is InChI=1S/C27H27N3O2/c31-27-24-18-22(32-17-5-14-30-15-12-28-13-16-30)9-10-23(24)25(20-6-2-1-3-7-20)26(27)21-8-4-11-29-19-21/h1-4,6-11,18-19,28H,5,12-17H2. The second-order valence-corrected chi connectivity index (χ2v) is 8.19. The zero-order valence-corrected chi connectivity index (χ0v) is 18.1. The zero-order valence-electron chi connectivity index (χ0n) is 18.1. The topological polar surface area (TPSA) is 54.5 Å². The second-order valence-electron chi connectivity index (χ2n) is 8.19. The SMILES string of the molecule is O=C1C(c2cccnc2)=C(c2ccccc2)c2ccc(OCCCN3CCNCC3)cc21. The van der Waals surface area contributed by atoms with E-state index in [0.717, 1.165) is 67.2 Å². The van der Waals surface area contributed by atoms with Crippen LogP contribution in [-0.2, 0) is 0 Å². The number of nitrogens with zero attached hydrogens (tertiary/aromatic N) is 2. The first kappa shape index (κ1) is 20.6. The summed E-state index contributed by atoms with van der Waals surface area (Å²) < 4.78 is 6.03. The molecular weight excluding hydrogens is 398 g/mol. The molecule has 1 aliphatic carbocycles. The van der Waals surface area contributed by atoms with Gasteiger partial charge >= 0.3 is 0 Å². The summed E-state index contributed by atoms with van der Waals surface area (Å²) in [7, 11) is 0. The highest BCUT2D eigenvalue weighted by molar-refractivity contribution is 6.41. The summed E-state index contributed by atoms with van der Waals surface area (Å²) in [6.45, 7) is 5.99. The molecule has 162 valence electrons. The van der Waals surface area contributed by atoms with Gasteiger partial charge in [0, 0.05) is 67.4 Å². The van der Waals surface area contributed by atoms with E-state index in [1.807, 2.05) is 48.5 Å². The number of hydrogen-bond acceptors (Lipinski definition) is 5. The van der Waals surface area contributed by atoms with Crippen molar-refractivity contribution in [2.45, 2.75) is 6.42 Å².